The Labute approximate surface area is 134 Å². The van der Waals surface area contributed by atoms with Crippen molar-refractivity contribution in [3.8, 4) is 0 Å². The summed E-state index contributed by atoms with van der Waals surface area (Å²) in [6.45, 7) is 4.22. The molecule has 0 radical (unpaired) electrons. The Balaban J connectivity index is 2.08. The first-order valence-electron chi connectivity index (χ1n) is 7.20. The standard InChI is InChI=1S/C16H18ClFN4/c1-8(2)16-11-4-9(5-13(18)15(11)21-22(16)3)10-6-14(19)20-7-12(10)17/h4-8,11,16H,1-3H3,(H2,19,20). The van der Waals surface area contributed by atoms with Gasteiger partial charge in [-0.05, 0) is 23.6 Å². The van der Waals surface area contributed by atoms with Crippen molar-refractivity contribution in [3.63, 3.8) is 0 Å². The Morgan fingerprint density at radius 1 is 1.41 bits per heavy atom. The van der Waals surface area contributed by atoms with Gasteiger partial charge >= 0.3 is 0 Å². The van der Waals surface area contributed by atoms with Gasteiger partial charge in [-0.3, -0.25) is 5.01 Å². The maximum absolute atomic E-state index is 14.5. The lowest BCUT2D eigenvalue weighted by molar-refractivity contribution is 0.206. The van der Waals surface area contributed by atoms with Crippen LogP contribution in [0.2, 0.25) is 5.02 Å². The predicted octanol–water partition coefficient (Wildman–Crippen LogP) is 3.51. The molecule has 0 spiro atoms. The molecule has 0 fully saturated rings. The van der Waals surface area contributed by atoms with Crippen LogP contribution < -0.4 is 5.73 Å². The van der Waals surface area contributed by atoms with E-state index in [0.29, 0.717) is 28.0 Å². The van der Waals surface area contributed by atoms with Gasteiger partial charge in [-0.25, -0.2) is 9.37 Å². The van der Waals surface area contributed by atoms with Gasteiger partial charge in [-0.2, -0.15) is 5.10 Å². The summed E-state index contributed by atoms with van der Waals surface area (Å²) in [5.41, 5.74) is 7.64. The van der Waals surface area contributed by atoms with Crippen LogP contribution in [-0.4, -0.2) is 28.8 Å². The summed E-state index contributed by atoms with van der Waals surface area (Å²) in [6.07, 6.45) is 4.98. The third kappa shape index (κ3) is 2.39. The van der Waals surface area contributed by atoms with Gasteiger partial charge in [0.2, 0.25) is 0 Å². The number of nitrogens with zero attached hydrogens (tertiary/aromatic N) is 3. The van der Waals surface area contributed by atoms with Crippen molar-refractivity contribution in [1.82, 2.24) is 9.99 Å². The van der Waals surface area contributed by atoms with Gasteiger partial charge in [0.15, 0.2) is 0 Å². The quantitative estimate of drug-likeness (QED) is 0.907. The van der Waals surface area contributed by atoms with E-state index in [0.717, 1.165) is 5.57 Å². The van der Waals surface area contributed by atoms with E-state index in [2.05, 4.69) is 23.9 Å². The summed E-state index contributed by atoms with van der Waals surface area (Å²) >= 11 is 6.20. The molecule has 4 nitrogen and oxygen atoms in total. The predicted molar refractivity (Wildman–Crippen MR) is 88.1 cm³/mol. The van der Waals surface area contributed by atoms with E-state index < -0.39 is 0 Å². The number of nitrogen functional groups attached to an aromatic ring is 1. The first kappa shape index (κ1) is 15.0. The van der Waals surface area contributed by atoms with Gasteiger partial charge in [0.1, 0.15) is 17.4 Å². The molecule has 3 rings (SSSR count). The zero-order valence-electron chi connectivity index (χ0n) is 12.7. The third-order valence-electron chi connectivity index (χ3n) is 4.14. The SMILES string of the molecule is CC(C)C1C2C=C(c3cc(N)ncc3Cl)C=C(F)C2=NN1C. The normalized spacial score (nSPS) is 24.1. The van der Waals surface area contributed by atoms with E-state index in [9.17, 15) is 4.39 Å². The lowest BCUT2D eigenvalue weighted by Crippen LogP contribution is -2.35. The number of allylic oxidation sites excluding steroid dienone is 3. The third-order valence-corrected chi connectivity index (χ3v) is 4.44. The number of pyridine rings is 1. The number of hydrogen-bond donors (Lipinski definition) is 1. The maximum atomic E-state index is 14.5. The average molecular weight is 321 g/mol. The summed E-state index contributed by atoms with van der Waals surface area (Å²) in [6, 6.07) is 1.80. The Hall–Kier alpha value is -1.88. The number of hydrazone groups is 1. The zero-order valence-corrected chi connectivity index (χ0v) is 13.5. The zero-order chi connectivity index (χ0) is 16.0. The summed E-state index contributed by atoms with van der Waals surface area (Å²) < 4.78 is 14.5. The number of nitrogens with two attached hydrogens (primary N) is 1. The van der Waals surface area contributed by atoms with Gasteiger partial charge in [0.25, 0.3) is 0 Å². The van der Waals surface area contributed by atoms with E-state index in [-0.39, 0.29) is 17.8 Å². The second-order valence-corrected chi connectivity index (χ2v) is 6.43. The topological polar surface area (TPSA) is 54.5 Å². The first-order chi connectivity index (χ1) is 10.4. The van der Waals surface area contributed by atoms with Crippen LogP contribution in [0.4, 0.5) is 10.2 Å². The van der Waals surface area contributed by atoms with E-state index in [1.165, 1.54) is 12.3 Å². The second-order valence-electron chi connectivity index (χ2n) is 6.02. The monoisotopic (exact) mass is 320 g/mol. The van der Waals surface area contributed by atoms with Crippen LogP contribution in [0.1, 0.15) is 19.4 Å². The maximum Gasteiger partial charge on any atom is 0.147 e. The van der Waals surface area contributed by atoms with Crippen molar-refractivity contribution >= 4 is 28.7 Å². The second kappa shape index (κ2) is 5.39. The highest BCUT2D eigenvalue weighted by Crippen LogP contribution is 2.38. The molecule has 0 saturated carbocycles. The van der Waals surface area contributed by atoms with Crippen LogP contribution in [-0.2, 0) is 0 Å². The van der Waals surface area contributed by atoms with Gasteiger partial charge in [-0.15, -0.1) is 0 Å². The molecule has 2 unspecified atom stereocenters. The summed E-state index contributed by atoms with van der Waals surface area (Å²) in [7, 11) is 1.88. The van der Waals surface area contributed by atoms with Crippen molar-refractivity contribution in [3.05, 3.63) is 40.8 Å². The number of fused-ring (bicyclic) bond motifs is 1. The fourth-order valence-corrected chi connectivity index (χ4v) is 3.44. The van der Waals surface area contributed by atoms with Gasteiger partial charge in [0, 0.05) is 24.7 Å². The Kier molecular flexibility index (Phi) is 3.68. The average Bonchev–Trinajstić information content (AvgIpc) is 2.78. The largest absolute Gasteiger partial charge is 0.384 e. The van der Waals surface area contributed by atoms with Crippen molar-refractivity contribution in [2.24, 2.45) is 16.9 Å². The highest BCUT2D eigenvalue weighted by Gasteiger charge is 2.40. The molecule has 116 valence electrons. The smallest absolute Gasteiger partial charge is 0.147 e. The van der Waals surface area contributed by atoms with Crippen molar-refractivity contribution in [1.29, 1.82) is 0 Å². The van der Waals surface area contributed by atoms with Crippen LogP contribution in [0.25, 0.3) is 5.57 Å². The van der Waals surface area contributed by atoms with Gasteiger partial charge < -0.3 is 5.73 Å². The molecule has 1 aromatic rings. The fourth-order valence-electron chi connectivity index (χ4n) is 3.22. The molecular formula is C16H18ClFN4. The van der Waals surface area contributed by atoms with Gasteiger partial charge in [-0.1, -0.05) is 31.5 Å². The minimum absolute atomic E-state index is 0.0875. The lowest BCUT2D eigenvalue weighted by Gasteiger charge is -2.28. The van der Waals surface area contributed by atoms with Crippen LogP contribution in [0.15, 0.2) is 35.3 Å². The van der Waals surface area contributed by atoms with Crippen molar-refractivity contribution in [2.75, 3.05) is 12.8 Å². The molecule has 2 aliphatic rings. The van der Waals surface area contributed by atoms with Crippen LogP contribution >= 0.6 is 11.6 Å². The molecular weight excluding hydrogens is 303 g/mol. The molecule has 2 atom stereocenters. The molecule has 1 aliphatic heterocycles. The molecule has 6 heteroatoms. The summed E-state index contributed by atoms with van der Waals surface area (Å²) in [5.74, 6) is 0.301. The molecule has 0 amide bonds. The van der Waals surface area contributed by atoms with E-state index >= 15 is 0 Å². The lowest BCUT2D eigenvalue weighted by atomic mass is 9.82. The molecule has 0 bridgehead atoms. The van der Waals surface area contributed by atoms with Crippen LogP contribution in [0, 0.1) is 11.8 Å². The highest BCUT2D eigenvalue weighted by atomic mass is 35.5. The first-order valence-corrected chi connectivity index (χ1v) is 7.58. The van der Waals surface area contributed by atoms with E-state index in [4.69, 9.17) is 17.3 Å². The van der Waals surface area contributed by atoms with Crippen molar-refractivity contribution in [2.45, 2.75) is 19.9 Å². The van der Waals surface area contributed by atoms with Crippen molar-refractivity contribution < 1.29 is 4.39 Å². The molecule has 2 N–H and O–H groups in total. The Bertz CT molecular complexity index is 708. The molecule has 0 saturated heterocycles. The number of halogens is 2. The van der Waals surface area contributed by atoms with Gasteiger partial charge in [0.05, 0.1) is 11.1 Å². The van der Waals surface area contributed by atoms with E-state index in [1.54, 1.807) is 6.07 Å². The van der Waals surface area contributed by atoms with E-state index in [1.807, 2.05) is 18.1 Å². The molecule has 1 aliphatic carbocycles. The Morgan fingerprint density at radius 2 is 2.14 bits per heavy atom. The fraction of sp³-hybridized carbons (Fsp3) is 0.375. The van der Waals surface area contributed by atoms with Crippen LogP contribution in [0.5, 0.6) is 0 Å². The minimum atomic E-state index is -0.316. The Morgan fingerprint density at radius 3 is 2.82 bits per heavy atom. The number of hydrogen-bond acceptors (Lipinski definition) is 4. The minimum Gasteiger partial charge on any atom is -0.384 e. The number of rotatable bonds is 2. The number of anilines is 1. The summed E-state index contributed by atoms with van der Waals surface area (Å²) in [4.78, 5) is 3.95. The molecule has 22 heavy (non-hydrogen) atoms. The molecule has 1 aromatic heterocycles. The summed E-state index contributed by atoms with van der Waals surface area (Å²) in [5, 5.41) is 6.66. The molecule has 0 aromatic carbocycles. The van der Waals surface area contributed by atoms with Crippen LogP contribution in [0.3, 0.4) is 0 Å². The molecule has 2 heterocycles. The number of aromatic nitrogens is 1. The highest BCUT2D eigenvalue weighted by molar-refractivity contribution is 6.32.